The van der Waals surface area contributed by atoms with Gasteiger partial charge in [0.25, 0.3) is 5.91 Å². The summed E-state index contributed by atoms with van der Waals surface area (Å²) < 4.78 is 2.97. The number of rotatable bonds is 3. The predicted molar refractivity (Wildman–Crippen MR) is 128 cm³/mol. The van der Waals surface area contributed by atoms with Crippen LogP contribution in [0.4, 0.5) is 5.69 Å². The fourth-order valence-electron chi connectivity index (χ4n) is 4.69. The van der Waals surface area contributed by atoms with Gasteiger partial charge in [-0.25, -0.2) is 0 Å². The van der Waals surface area contributed by atoms with E-state index in [1.807, 2.05) is 64.2 Å². The number of nitrogens with one attached hydrogen (secondary N) is 1. The number of benzene rings is 2. The van der Waals surface area contributed by atoms with Gasteiger partial charge in [0.15, 0.2) is 0 Å². The van der Waals surface area contributed by atoms with Gasteiger partial charge in [-0.1, -0.05) is 34.1 Å². The molecule has 5 nitrogen and oxygen atoms in total. The van der Waals surface area contributed by atoms with E-state index in [4.69, 9.17) is 0 Å². The molecule has 3 heterocycles. The lowest BCUT2D eigenvalue weighted by atomic mass is 10.0. The number of nitrogens with zero attached hydrogens (tertiary/aromatic N) is 2. The third-order valence-electron chi connectivity index (χ3n) is 6.31. The highest BCUT2D eigenvalue weighted by molar-refractivity contribution is 9.10. The molecule has 1 saturated heterocycles. The monoisotopic (exact) mass is 477 g/mol. The van der Waals surface area contributed by atoms with Crippen molar-refractivity contribution in [3.8, 4) is 0 Å². The second-order valence-corrected chi connectivity index (χ2v) is 9.28. The van der Waals surface area contributed by atoms with Crippen LogP contribution in [0.3, 0.4) is 0 Å². The molecule has 2 aromatic carbocycles. The largest absolute Gasteiger partial charge is 0.338 e. The Morgan fingerprint density at radius 3 is 2.90 bits per heavy atom. The molecule has 0 spiro atoms. The molecule has 3 aromatic rings. The molecule has 1 N–H and O–H groups in total. The van der Waals surface area contributed by atoms with Gasteiger partial charge in [0.05, 0.1) is 0 Å². The van der Waals surface area contributed by atoms with E-state index in [-0.39, 0.29) is 17.9 Å². The minimum absolute atomic E-state index is 0.102. The second-order valence-electron chi connectivity index (χ2n) is 8.36. The normalized spacial score (nSPS) is 19.7. The molecule has 0 bridgehead atoms. The Balaban J connectivity index is 1.55. The second kappa shape index (κ2) is 8.00. The van der Waals surface area contributed by atoms with E-state index in [0.717, 1.165) is 51.6 Å². The molecular weight excluding hydrogens is 454 g/mol. The van der Waals surface area contributed by atoms with Crippen molar-refractivity contribution in [1.29, 1.82) is 0 Å². The number of hydrogen-bond donors (Lipinski definition) is 1. The maximum absolute atomic E-state index is 13.1. The number of halogens is 1. The molecule has 1 aromatic heterocycles. The first-order chi connectivity index (χ1) is 15.0. The van der Waals surface area contributed by atoms with Gasteiger partial charge in [-0.2, -0.15) is 0 Å². The molecule has 158 valence electrons. The summed E-state index contributed by atoms with van der Waals surface area (Å²) in [5, 5.41) is 3.94. The van der Waals surface area contributed by atoms with Crippen molar-refractivity contribution < 1.29 is 9.59 Å². The van der Waals surface area contributed by atoms with Crippen molar-refractivity contribution in [3.63, 3.8) is 0 Å². The van der Waals surface area contributed by atoms with E-state index < -0.39 is 0 Å². The number of para-hydroxylation sites is 1. The van der Waals surface area contributed by atoms with Gasteiger partial charge >= 0.3 is 0 Å². The number of piperidine rings is 1. The summed E-state index contributed by atoms with van der Waals surface area (Å²) in [6, 6.07) is 14.1. The van der Waals surface area contributed by atoms with Crippen LogP contribution in [0.2, 0.25) is 0 Å². The number of amides is 2. The molecule has 2 aliphatic rings. The van der Waals surface area contributed by atoms with Gasteiger partial charge in [0, 0.05) is 56.5 Å². The highest BCUT2D eigenvalue weighted by Crippen LogP contribution is 2.35. The van der Waals surface area contributed by atoms with E-state index in [1.54, 1.807) is 0 Å². The van der Waals surface area contributed by atoms with E-state index in [1.165, 1.54) is 6.42 Å². The number of aromatic nitrogens is 1. The van der Waals surface area contributed by atoms with Crippen LogP contribution in [0.1, 0.15) is 37.3 Å². The standard InChI is InChI=1S/C25H24BrN3O2/c1-16-6-4-5-11-29(16)24(30)15-28-14-17(20-13-18(26)9-10-23(20)28)12-21-19-7-2-3-8-22(19)27-25(21)31/h2-3,7-10,12-14,16H,4-6,11,15H2,1H3,(H,27,31)/b21-12+/t16-/m1/s1. The van der Waals surface area contributed by atoms with E-state index >= 15 is 0 Å². The van der Waals surface area contributed by atoms with Gasteiger partial charge in [-0.05, 0) is 56.5 Å². The van der Waals surface area contributed by atoms with Crippen molar-refractivity contribution in [2.45, 2.75) is 38.8 Å². The van der Waals surface area contributed by atoms with Gasteiger partial charge in [-0.15, -0.1) is 0 Å². The fraction of sp³-hybridized carbons (Fsp3) is 0.280. The van der Waals surface area contributed by atoms with E-state index in [2.05, 4.69) is 28.2 Å². The first-order valence-electron chi connectivity index (χ1n) is 10.7. The first-order valence-corrected chi connectivity index (χ1v) is 11.5. The van der Waals surface area contributed by atoms with E-state index in [9.17, 15) is 9.59 Å². The van der Waals surface area contributed by atoms with Gasteiger partial charge in [0.1, 0.15) is 6.54 Å². The van der Waals surface area contributed by atoms with Crippen molar-refractivity contribution >= 4 is 56.0 Å². The summed E-state index contributed by atoms with van der Waals surface area (Å²) in [5.74, 6) is 0.0468. The molecule has 2 aliphatic heterocycles. The Morgan fingerprint density at radius 1 is 1.23 bits per heavy atom. The lowest BCUT2D eigenvalue weighted by molar-refractivity contribution is -0.135. The van der Waals surface area contributed by atoms with Gasteiger partial charge in [-0.3, -0.25) is 9.59 Å². The number of carbonyl (C=O) groups excluding carboxylic acids is 2. The number of likely N-dealkylation sites (tertiary alicyclic amines) is 1. The maximum atomic E-state index is 13.1. The number of anilines is 1. The molecule has 0 saturated carbocycles. The first kappa shape index (κ1) is 20.1. The zero-order valence-electron chi connectivity index (χ0n) is 17.4. The number of fused-ring (bicyclic) bond motifs is 2. The molecule has 1 atom stereocenters. The molecule has 1 fully saturated rings. The third kappa shape index (κ3) is 3.69. The molecule has 0 aliphatic carbocycles. The Hall–Kier alpha value is -2.86. The molecule has 0 radical (unpaired) electrons. The van der Waals surface area contributed by atoms with Crippen LogP contribution >= 0.6 is 15.9 Å². The molecule has 5 rings (SSSR count). The zero-order chi connectivity index (χ0) is 21.5. The SMILES string of the molecule is C[C@@H]1CCCCN1C(=O)Cn1cc(/C=C2/C(=O)Nc3ccccc32)c2cc(Br)ccc21. The summed E-state index contributed by atoms with van der Waals surface area (Å²) in [6.07, 6.45) is 7.25. The smallest absolute Gasteiger partial charge is 0.256 e. The molecule has 2 amide bonds. The molecule has 6 heteroatoms. The third-order valence-corrected chi connectivity index (χ3v) is 6.81. The van der Waals surface area contributed by atoms with Gasteiger partial charge in [0.2, 0.25) is 5.91 Å². The Kier molecular flexibility index (Phi) is 5.18. The average Bonchev–Trinajstić information content (AvgIpc) is 3.25. The summed E-state index contributed by atoms with van der Waals surface area (Å²) >= 11 is 3.56. The van der Waals surface area contributed by atoms with Crippen molar-refractivity contribution in [3.05, 3.63) is 64.3 Å². The van der Waals surface area contributed by atoms with Crippen molar-refractivity contribution in [2.75, 3.05) is 11.9 Å². The van der Waals surface area contributed by atoms with Crippen molar-refractivity contribution in [2.24, 2.45) is 0 Å². The van der Waals surface area contributed by atoms with Crippen LogP contribution in [0, 0.1) is 0 Å². The zero-order valence-corrected chi connectivity index (χ0v) is 19.0. The van der Waals surface area contributed by atoms with Crippen LogP contribution in [0.5, 0.6) is 0 Å². The average molecular weight is 478 g/mol. The molecular formula is C25H24BrN3O2. The minimum Gasteiger partial charge on any atom is -0.338 e. The Labute approximate surface area is 189 Å². The van der Waals surface area contributed by atoms with Gasteiger partial charge < -0.3 is 14.8 Å². The summed E-state index contributed by atoms with van der Waals surface area (Å²) in [5.41, 5.74) is 4.29. The number of hydrogen-bond acceptors (Lipinski definition) is 2. The topological polar surface area (TPSA) is 54.3 Å². The van der Waals surface area contributed by atoms with Crippen LogP contribution in [0.25, 0.3) is 22.6 Å². The Morgan fingerprint density at radius 2 is 2.06 bits per heavy atom. The number of carbonyl (C=O) groups is 2. The van der Waals surface area contributed by atoms with Crippen LogP contribution in [-0.2, 0) is 16.1 Å². The summed E-state index contributed by atoms with van der Waals surface area (Å²) in [4.78, 5) is 27.7. The lowest BCUT2D eigenvalue weighted by Gasteiger charge is -2.33. The predicted octanol–water partition coefficient (Wildman–Crippen LogP) is 5.30. The minimum atomic E-state index is -0.102. The molecule has 0 unspecified atom stereocenters. The summed E-state index contributed by atoms with van der Waals surface area (Å²) in [6.45, 7) is 3.26. The maximum Gasteiger partial charge on any atom is 0.256 e. The lowest BCUT2D eigenvalue weighted by Crippen LogP contribution is -2.43. The molecule has 31 heavy (non-hydrogen) atoms. The highest BCUT2D eigenvalue weighted by Gasteiger charge is 2.26. The van der Waals surface area contributed by atoms with E-state index in [0.29, 0.717) is 12.1 Å². The van der Waals surface area contributed by atoms with Crippen LogP contribution in [-0.4, -0.2) is 33.9 Å². The van der Waals surface area contributed by atoms with Crippen LogP contribution < -0.4 is 5.32 Å². The summed E-state index contributed by atoms with van der Waals surface area (Å²) in [7, 11) is 0. The van der Waals surface area contributed by atoms with Crippen molar-refractivity contribution in [1.82, 2.24) is 9.47 Å². The fourth-order valence-corrected chi connectivity index (χ4v) is 5.05. The quantitative estimate of drug-likeness (QED) is 0.520. The highest BCUT2D eigenvalue weighted by atomic mass is 79.9. The Bertz CT molecular complexity index is 1230. The van der Waals surface area contributed by atoms with Crippen LogP contribution in [0.15, 0.2) is 53.1 Å².